The van der Waals surface area contributed by atoms with E-state index in [1.807, 2.05) is 6.07 Å². The van der Waals surface area contributed by atoms with Gasteiger partial charge in [-0.05, 0) is 41.8 Å². The van der Waals surface area contributed by atoms with Gasteiger partial charge in [0.25, 0.3) is 0 Å². The molecular formula is C14H20BrFN2. The second-order valence-corrected chi connectivity index (χ2v) is 5.76. The molecule has 0 aromatic heterocycles. The number of benzene rings is 1. The summed E-state index contributed by atoms with van der Waals surface area (Å²) in [7, 11) is 0. The molecule has 0 unspecified atom stereocenters. The highest BCUT2D eigenvalue weighted by Gasteiger charge is 2.22. The van der Waals surface area contributed by atoms with E-state index in [9.17, 15) is 4.39 Å². The fraction of sp³-hybridized carbons (Fsp3) is 0.571. The van der Waals surface area contributed by atoms with Crippen LogP contribution in [-0.4, -0.2) is 12.6 Å². The van der Waals surface area contributed by atoms with Crippen molar-refractivity contribution in [1.29, 1.82) is 0 Å². The molecule has 1 aliphatic rings. The molecule has 2 rings (SSSR count). The average Bonchev–Trinajstić information content (AvgIpc) is 2.38. The van der Waals surface area contributed by atoms with Crippen LogP contribution in [0.1, 0.15) is 39.0 Å². The lowest BCUT2D eigenvalue weighted by atomic mass is 9.93. The highest BCUT2D eigenvalue weighted by molar-refractivity contribution is 9.10. The third-order valence-corrected chi connectivity index (χ3v) is 4.34. The molecule has 2 nitrogen and oxygen atoms in total. The number of nitrogens with zero attached hydrogens (tertiary/aromatic N) is 1. The van der Waals surface area contributed by atoms with Crippen molar-refractivity contribution in [3.8, 4) is 0 Å². The Hall–Kier alpha value is -0.770. The largest absolute Gasteiger partial charge is 0.397 e. The lowest BCUT2D eigenvalue weighted by molar-refractivity contribution is 0.418. The molecule has 0 aliphatic heterocycles. The minimum Gasteiger partial charge on any atom is -0.397 e. The Morgan fingerprint density at radius 2 is 2.00 bits per heavy atom. The first-order valence-corrected chi connectivity index (χ1v) is 7.44. The topological polar surface area (TPSA) is 29.3 Å². The average molecular weight is 315 g/mol. The van der Waals surface area contributed by atoms with E-state index in [0.29, 0.717) is 16.2 Å². The molecule has 18 heavy (non-hydrogen) atoms. The Balaban J connectivity index is 2.28. The monoisotopic (exact) mass is 314 g/mol. The van der Waals surface area contributed by atoms with Crippen LogP contribution in [0, 0.1) is 5.82 Å². The maximum Gasteiger partial charge on any atom is 0.139 e. The minimum atomic E-state index is -0.295. The van der Waals surface area contributed by atoms with Crippen LogP contribution in [0.25, 0.3) is 0 Å². The number of nitrogen functional groups attached to an aromatic ring is 1. The van der Waals surface area contributed by atoms with E-state index in [0.717, 1.165) is 12.2 Å². The van der Waals surface area contributed by atoms with Gasteiger partial charge in [-0.15, -0.1) is 0 Å². The maximum absolute atomic E-state index is 13.4. The van der Waals surface area contributed by atoms with Crippen LogP contribution in [0.3, 0.4) is 0 Å². The number of nitrogens with two attached hydrogens (primary N) is 1. The highest BCUT2D eigenvalue weighted by atomic mass is 79.9. The SMILES string of the molecule is CCN(c1cc(Br)c(F)cc1N)C1CCCCC1. The Morgan fingerprint density at radius 1 is 1.33 bits per heavy atom. The van der Waals surface area contributed by atoms with Gasteiger partial charge in [-0.25, -0.2) is 4.39 Å². The summed E-state index contributed by atoms with van der Waals surface area (Å²) in [4.78, 5) is 2.32. The Bertz CT molecular complexity index is 417. The van der Waals surface area contributed by atoms with Crippen molar-refractivity contribution in [2.75, 3.05) is 17.2 Å². The number of hydrogen-bond acceptors (Lipinski definition) is 2. The van der Waals surface area contributed by atoms with Crippen LogP contribution < -0.4 is 10.6 Å². The van der Waals surface area contributed by atoms with E-state index in [2.05, 4.69) is 27.8 Å². The highest BCUT2D eigenvalue weighted by Crippen LogP contribution is 2.34. The predicted molar refractivity (Wildman–Crippen MR) is 78.4 cm³/mol. The van der Waals surface area contributed by atoms with E-state index in [4.69, 9.17) is 5.73 Å². The van der Waals surface area contributed by atoms with Crippen molar-refractivity contribution in [3.63, 3.8) is 0 Å². The molecule has 0 heterocycles. The van der Waals surface area contributed by atoms with Gasteiger partial charge >= 0.3 is 0 Å². The summed E-state index contributed by atoms with van der Waals surface area (Å²) in [6, 6.07) is 3.76. The van der Waals surface area contributed by atoms with Gasteiger partial charge in [-0.1, -0.05) is 19.3 Å². The van der Waals surface area contributed by atoms with Gasteiger partial charge in [-0.2, -0.15) is 0 Å². The summed E-state index contributed by atoms with van der Waals surface area (Å²) in [5, 5.41) is 0. The molecule has 100 valence electrons. The van der Waals surface area contributed by atoms with E-state index in [1.54, 1.807) is 0 Å². The smallest absolute Gasteiger partial charge is 0.139 e. The molecular weight excluding hydrogens is 295 g/mol. The van der Waals surface area contributed by atoms with Crippen molar-refractivity contribution >= 4 is 27.3 Å². The van der Waals surface area contributed by atoms with Gasteiger partial charge in [0.1, 0.15) is 5.82 Å². The Labute approximate surface area is 116 Å². The normalized spacial score (nSPS) is 16.8. The Kier molecular flexibility index (Phi) is 4.49. The zero-order chi connectivity index (χ0) is 13.1. The molecule has 1 saturated carbocycles. The molecule has 0 radical (unpaired) electrons. The molecule has 0 saturated heterocycles. The number of hydrogen-bond donors (Lipinski definition) is 1. The lowest BCUT2D eigenvalue weighted by Crippen LogP contribution is -2.37. The maximum atomic E-state index is 13.4. The second-order valence-electron chi connectivity index (χ2n) is 4.90. The molecule has 1 aromatic rings. The van der Waals surface area contributed by atoms with Crippen molar-refractivity contribution in [2.24, 2.45) is 0 Å². The van der Waals surface area contributed by atoms with E-state index in [1.165, 1.54) is 38.2 Å². The van der Waals surface area contributed by atoms with Gasteiger partial charge in [0, 0.05) is 18.7 Å². The van der Waals surface area contributed by atoms with Gasteiger partial charge in [0.15, 0.2) is 0 Å². The second kappa shape index (κ2) is 5.91. The minimum absolute atomic E-state index is 0.295. The Morgan fingerprint density at radius 3 is 2.61 bits per heavy atom. The van der Waals surface area contributed by atoms with E-state index in [-0.39, 0.29) is 5.82 Å². The molecule has 1 aromatic carbocycles. The number of anilines is 2. The fourth-order valence-electron chi connectivity index (χ4n) is 2.82. The van der Waals surface area contributed by atoms with E-state index >= 15 is 0 Å². The molecule has 0 spiro atoms. The van der Waals surface area contributed by atoms with Gasteiger partial charge < -0.3 is 10.6 Å². The fourth-order valence-corrected chi connectivity index (χ4v) is 3.15. The summed E-state index contributed by atoms with van der Waals surface area (Å²) >= 11 is 3.24. The standard InChI is InChI=1S/C14H20BrFN2/c1-2-18(10-6-4-3-5-7-10)14-8-11(15)12(16)9-13(14)17/h8-10H,2-7,17H2,1H3. The molecule has 0 amide bonds. The molecule has 1 fully saturated rings. The van der Waals surface area contributed by atoms with E-state index < -0.39 is 0 Å². The number of rotatable bonds is 3. The summed E-state index contributed by atoms with van der Waals surface area (Å²) in [6.07, 6.45) is 6.31. The van der Waals surface area contributed by atoms with Crippen LogP contribution in [-0.2, 0) is 0 Å². The summed E-state index contributed by atoms with van der Waals surface area (Å²) in [5.74, 6) is -0.295. The van der Waals surface area contributed by atoms with Crippen LogP contribution in [0.15, 0.2) is 16.6 Å². The van der Waals surface area contributed by atoms with Crippen molar-refractivity contribution < 1.29 is 4.39 Å². The van der Waals surface area contributed by atoms with Crippen LogP contribution in [0.4, 0.5) is 15.8 Å². The summed E-state index contributed by atoms with van der Waals surface area (Å²) in [6.45, 7) is 3.04. The van der Waals surface area contributed by atoms with Gasteiger partial charge in [0.2, 0.25) is 0 Å². The summed E-state index contributed by atoms with van der Waals surface area (Å²) < 4.78 is 13.9. The zero-order valence-corrected chi connectivity index (χ0v) is 12.3. The third-order valence-electron chi connectivity index (χ3n) is 3.74. The first-order valence-electron chi connectivity index (χ1n) is 6.64. The van der Waals surface area contributed by atoms with Crippen LogP contribution in [0.2, 0.25) is 0 Å². The first-order chi connectivity index (χ1) is 8.63. The molecule has 1 aliphatic carbocycles. The zero-order valence-electron chi connectivity index (χ0n) is 10.8. The van der Waals surface area contributed by atoms with Crippen molar-refractivity contribution in [1.82, 2.24) is 0 Å². The molecule has 2 N–H and O–H groups in total. The number of halogens is 2. The third kappa shape index (κ3) is 2.79. The quantitative estimate of drug-likeness (QED) is 0.841. The molecule has 0 atom stereocenters. The lowest BCUT2D eigenvalue weighted by Gasteiger charge is -2.36. The molecule has 4 heteroatoms. The van der Waals surface area contributed by atoms with Crippen LogP contribution >= 0.6 is 15.9 Å². The predicted octanol–water partition coefficient (Wildman–Crippen LogP) is 4.33. The van der Waals surface area contributed by atoms with Gasteiger partial charge in [-0.3, -0.25) is 0 Å². The first kappa shape index (κ1) is 13.7. The van der Waals surface area contributed by atoms with Crippen LogP contribution in [0.5, 0.6) is 0 Å². The van der Waals surface area contributed by atoms with Crippen molar-refractivity contribution in [3.05, 3.63) is 22.4 Å². The summed E-state index contributed by atoms with van der Waals surface area (Å²) in [5.41, 5.74) is 7.46. The van der Waals surface area contributed by atoms with Crippen molar-refractivity contribution in [2.45, 2.75) is 45.1 Å². The van der Waals surface area contributed by atoms with Gasteiger partial charge in [0.05, 0.1) is 15.8 Å². The molecule has 0 bridgehead atoms.